The summed E-state index contributed by atoms with van der Waals surface area (Å²) in [6.07, 6.45) is 8.41. The molecule has 1 aliphatic rings. The molecule has 122 valence electrons. The lowest BCUT2D eigenvalue weighted by Gasteiger charge is -2.48. The highest BCUT2D eigenvalue weighted by atomic mass is 14.6. The van der Waals surface area contributed by atoms with Crippen LogP contribution < -0.4 is 5.73 Å². The van der Waals surface area contributed by atoms with Gasteiger partial charge in [-0.15, -0.1) is 0 Å². The van der Waals surface area contributed by atoms with Crippen LogP contribution in [0.15, 0.2) is 23.3 Å². The Morgan fingerprint density at radius 3 is 2.14 bits per heavy atom. The summed E-state index contributed by atoms with van der Waals surface area (Å²) in [7, 11) is 0. The fourth-order valence-electron chi connectivity index (χ4n) is 4.14. The zero-order chi connectivity index (χ0) is 16.2. The molecule has 0 spiro atoms. The Kier molecular flexibility index (Phi) is 7.20. The van der Waals surface area contributed by atoms with E-state index in [4.69, 9.17) is 5.73 Å². The maximum absolute atomic E-state index is 6.05. The van der Waals surface area contributed by atoms with Gasteiger partial charge >= 0.3 is 0 Å². The zero-order valence-corrected chi connectivity index (χ0v) is 15.3. The van der Waals surface area contributed by atoms with E-state index in [1.165, 1.54) is 18.4 Å². The minimum absolute atomic E-state index is 0.240. The second-order valence-corrected chi connectivity index (χ2v) is 7.68. The van der Waals surface area contributed by atoms with Gasteiger partial charge in [-0.3, -0.25) is 0 Å². The summed E-state index contributed by atoms with van der Waals surface area (Å²) in [6.45, 7) is 16.2. The SMILES string of the molecule is CCCC(C)C=C(C=C(C)C1C(C)C(C)C1C)CC(C)N. The van der Waals surface area contributed by atoms with Crippen LogP contribution in [-0.2, 0) is 0 Å². The molecule has 0 aromatic carbocycles. The molecule has 0 radical (unpaired) electrons. The van der Waals surface area contributed by atoms with Crippen molar-refractivity contribution < 1.29 is 0 Å². The molecule has 21 heavy (non-hydrogen) atoms. The van der Waals surface area contributed by atoms with E-state index in [1.807, 2.05) is 0 Å². The Bertz CT molecular complexity index is 367. The molecule has 1 saturated carbocycles. The number of hydrogen-bond acceptors (Lipinski definition) is 1. The maximum atomic E-state index is 6.05. The van der Waals surface area contributed by atoms with Crippen molar-refractivity contribution in [1.29, 1.82) is 0 Å². The van der Waals surface area contributed by atoms with Crippen LogP contribution in [0.5, 0.6) is 0 Å². The van der Waals surface area contributed by atoms with Gasteiger partial charge in [-0.2, -0.15) is 0 Å². The van der Waals surface area contributed by atoms with E-state index in [9.17, 15) is 0 Å². The smallest absolute Gasteiger partial charge is 0.00507 e. The molecule has 0 saturated heterocycles. The molecule has 1 fully saturated rings. The lowest BCUT2D eigenvalue weighted by atomic mass is 9.56. The second-order valence-electron chi connectivity index (χ2n) is 7.68. The Morgan fingerprint density at radius 1 is 1.10 bits per heavy atom. The number of rotatable bonds is 7. The summed E-state index contributed by atoms with van der Waals surface area (Å²) in [4.78, 5) is 0. The topological polar surface area (TPSA) is 26.0 Å². The molecule has 0 aromatic heterocycles. The van der Waals surface area contributed by atoms with Crippen molar-refractivity contribution in [3.05, 3.63) is 23.3 Å². The molecule has 4 atom stereocenters. The van der Waals surface area contributed by atoms with Gasteiger partial charge in [0.1, 0.15) is 0 Å². The first kappa shape index (κ1) is 18.5. The molecule has 4 unspecified atom stereocenters. The summed E-state index contributed by atoms with van der Waals surface area (Å²) in [6, 6.07) is 0.240. The highest BCUT2D eigenvalue weighted by molar-refractivity contribution is 5.27. The van der Waals surface area contributed by atoms with Crippen LogP contribution in [0.25, 0.3) is 0 Å². The third kappa shape index (κ3) is 4.98. The van der Waals surface area contributed by atoms with Gasteiger partial charge in [-0.1, -0.05) is 64.3 Å². The summed E-state index contributed by atoms with van der Waals surface area (Å²) < 4.78 is 0. The molecule has 0 amide bonds. The first-order valence-corrected chi connectivity index (χ1v) is 8.92. The van der Waals surface area contributed by atoms with Crippen molar-refractivity contribution in [1.82, 2.24) is 0 Å². The van der Waals surface area contributed by atoms with Gasteiger partial charge in [0.15, 0.2) is 0 Å². The minimum atomic E-state index is 0.240. The Balaban J connectivity index is 2.86. The predicted octanol–water partition coefficient (Wildman–Crippen LogP) is 5.57. The van der Waals surface area contributed by atoms with Crippen molar-refractivity contribution in [2.24, 2.45) is 35.3 Å². The lowest BCUT2D eigenvalue weighted by molar-refractivity contribution is 0.0433. The highest BCUT2D eigenvalue weighted by Gasteiger charge is 2.42. The van der Waals surface area contributed by atoms with Crippen LogP contribution in [0.3, 0.4) is 0 Å². The zero-order valence-electron chi connectivity index (χ0n) is 15.3. The van der Waals surface area contributed by atoms with Gasteiger partial charge in [0.25, 0.3) is 0 Å². The van der Waals surface area contributed by atoms with Crippen molar-refractivity contribution in [3.63, 3.8) is 0 Å². The highest BCUT2D eigenvalue weighted by Crippen LogP contribution is 2.49. The predicted molar refractivity (Wildman–Crippen MR) is 95.2 cm³/mol. The van der Waals surface area contributed by atoms with Crippen LogP contribution in [0.2, 0.25) is 0 Å². The van der Waals surface area contributed by atoms with Gasteiger partial charge < -0.3 is 5.73 Å². The first-order chi connectivity index (χ1) is 9.77. The van der Waals surface area contributed by atoms with E-state index in [2.05, 4.69) is 60.6 Å². The van der Waals surface area contributed by atoms with Gasteiger partial charge in [0.05, 0.1) is 0 Å². The third-order valence-electron chi connectivity index (χ3n) is 5.53. The molecule has 1 heteroatoms. The van der Waals surface area contributed by atoms with Gasteiger partial charge in [-0.05, 0) is 56.3 Å². The second kappa shape index (κ2) is 8.17. The maximum Gasteiger partial charge on any atom is 0.00507 e. The summed E-state index contributed by atoms with van der Waals surface area (Å²) in [5, 5.41) is 0. The molecule has 0 aliphatic heterocycles. The van der Waals surface area contributed by atoms with Crippen LogP contribution in [0.1, 0.15) is 67.7 Å². The number of hydrogen-bond donors (Lipinski definition) is 1. The average Bonchev–Trinajstić information content (AvgIpc) is 2.37. The number of nitrogens with two attached hydrogens (primary N) is 1. The van der Waals surface area contributed by atoms with E-state index >= 15 is 0 Å². The molecule has 0 heterocycles. The van der Waals surface area contributed by atoms with Crippen LogP contribution in [-0.4, -0.2) is 6.04 Å². The molecule has 1 nitrogen and oxygen atoms in total. The number of allylic oxidation sites excluding steroid dienone is 3. The Labute approximate surface area is 133 Å². The standard InChI is InChI=1S/C20H37N/c1-8-9-13(2)10-19(12-15(4)21)11-14(3)20-17(6)16(5)18(20)7/h10-11,13,15-18,20H,8-9,12,21H2,1-7H3. The first-order valence-electron chi connectivity index (χ1n) is 8.92. The van der Waals surface area contributed by atoms with Gasteiger partial charge in [-0.25, -0.2) is 0 Å². The van der Waals surface area contributed by atoms with E-state index in [0.717, 1.165) is 30.1 Å². The van der Waals surface area contributed by atoms with Crippen LogP contribution in [0.4, 0.5) is 0 Å². The summed E-state index contributed by atoms with van der Waals surface area (Å²) in [5.74, 6) is 3.92. The molecule has 0 aromatic rings. The molecule has 2 N–H and O–H groups in total. The largest absolute Gasteiger partial charge is 0.328 e. The molecular weight excluding hydrogens is 254 g/mol. The normalized spacial score (nSPS) is 33.5. The van der Waals surface area contributed by atoms with Crippen LogP contribution >= 0.6 is 0 Å². The van der Waals surface area contributed by atoms with Crippen LogP contribution in [0, 0.1) is 29.6 Å². The monoisotopic (exact) mass is 291 g/mol. The summed E-state index contributed by atoms with van der Waals surface area (Å²) in [5.41, 5.74) is 9.05. The Hall–Kier alpha value is -0.560. The third-order valence-corrected chi connectivity index (χ3v) is 5.53. The van der Waals surface area contributed by atoms with Gasteiger partial charge in [0.2, 0.25) is 0 Å². The van der Waals surface area contributed by atoms with E-state index in [1.54, 1.807) is 5.57 Å². The fourth-order valence-corrected chi connectivity index (χ4v) is 4.14. The fraction of sp³-hybridized carbons (Fsp3) is 0.800. The molecule has 0 bridgehead atoms. The van der Waals surface area contributed by atoms with Crippen molar-refractivity contribution >= 4 is 0 Å². The van der Waals surface area contributed by atoms with Gasteiger partial charge in [0, 0.05) is 6.04 Å². The quantitative estimate of drug-likeness (QED) is 0.610. The van der Waals surface area contributed by atoms with Crippen molar-refractivity contribution in [2.45, 2.75) is 73.8 Å². The minimum Gasteiger partial charge on any atom is -0.328 e. The average molecular weight is 292 g/mol. The molecule has 1 rings (SSSR count). The molecule has 1 aliphatic carbocycles. The van der Waals surface area contributed by atoms with Crippen molar-refractivity contribution in [2.75, 3.05) is 0 Å². The lowest BCUT2D eigenvalue weighted by Crippen LogP contribution is -2.42. The Morgan fingerprint density at radius 2 is 1.67 bits per heavy atom. The van der Waals surface area contributed by atoms with Crippen molar-refractivity contribution in [3.8, 4) is 0 Å². The molecular formula is C20H37N. The van der Waals surface area contributed by atoms with E-state index < -0.39 is 0 Å². The van der Waals surface area contributed by atoms with E-state index in [-0.39, 0.29) is 6.04 Å². The van der Waals surface area contributed by atoms with E-state index in [0.29, 0.717) is 5.92 Å². The summed E-state index contributed by atoms with van der Waals surface area (Å²) >= 11 is 0.